The fraction of sp³-hybridized carbons (Fsp3) is 1.00. The highest BCUT2D eigenvalue weighted by Crippen LogP contribution is 2.32. The highest BCUT2D eigenvalue weighted by atomic mass is 35.6. The predicted molar refractivity (Wildman–Crippen MR) is 68.9 cm³/mol. The van der Waals surface area contributed by atoms with Gasteiger partial charge in [-0.15, -0.1) is 0 Å². The zero-order valence-corrected chi connectivity index (χ0v) is 11.6. The van der Waals surface area contributed by atoms with E-state index in [4.69, 9.17) is 34.8 Å². The highest BCUT2D eigenvalue weighted by molar-refractivity contribution is 6.67. The van der Waals surface area contributed by atoms with Crippen LogP contribution >= 0.6 is 34.8 Å². The van der Waals surface area contributed by atoms with Gasteiger partial charge in [0.1, 0.15) is 0 Å². The average molecular weight is 276 g/mol. The standard InChI is InChI=1S/C11H21Cl3O/c1-2-3-4-5-6-7-8-10(15)9-11(12,13)14/h10,15H,2-9H2,1H3. The Morgan fingerprint density at radius 1 is 1.00 bits per heavy atom. The van der Waals surface area contributed by atoms with Gasteiger partial charge in [-0.3, -0.25) is 0 Å². The van der Waals surface area contributed by atoms with Crippen LogP contribution in [0.4, 0.5) is 0 Å². The van der Waals surface area contributed by atoms with Crippen LogP contribution in [-0.4, -0.2) is 15.0 Å². The molecular formula is C11H21Cl3O. The monoisotopic (exact) mass is 274 g/mol. The summed E-state index contributed by atoms with van der Waals surface area (Å²) in [5.74, 6) is 0. The molecule has 0 aliphatic carbocycles. The Morgan fingerprint density at radius 2 is 1.53 bits per heavy atom. The molecule has 0 radical (unpaired) electrons. The van der Waals surface area contributed by atoms with Gasteiger partial charge in [0.15, 0.2) is 3.79 Å². The molecule has 15 heavy (non-hydrogen) atoms. The molecule has 1 N–H and O–H groups in total. The Bertz CT molecular complexity index is 145. The zero-order valence-electron chi connectivity index (χ0n) is 9.32. The van der Waals surface area contributed by atoms with Crippen molar-refractivity contribution in [3.63, 3.8) is 0 Å². The minimum absolute atomic E-state index is 0.229. The van der Waals surface area contributed by atoms with Gasteiger partial charge in [0.05, 0.1) is 6.10 Å². The Hall–Kier alpha value is 0.830. The van der Waals surface area contributed by atoms with Crippen molar-refractivity contribution >= 4 is 34.8 Å². The molecule has 0 heterocycles. The average Bonchev–Trinajstić information content (AvgIpc) is 2.08. The molecule has 0 aliphatic rings. The summed E-state index contributed by atoms with van der Waals surface area (Å²) < 4.78 is -1.32. The lowest BCUT2D eigenvalue weighted by molar-refractivity contribution is 0.152. The molecule has 92 valence electrons. The summed E-state index contributed by atoms with van der Waals surface area (Å²) in [7, 11) is 0. The van der Waals surface area contributed by atoms with Crippen LogP contribution in [0.3, 0.4) is 0 Å². The van der Waals surface area contributed by atoms with Gasteiger partial charge < -0.3 is 5.11 Å². The van der Waals surface area contributed by atoms with Crippen molar-refractivity contribution in [2.45, 2.75) is 68.2 Å². The quantitative estimate of drug-likeness (QED) is 0.495. The van der Waals surface area contributed by atoms with Crippen molar-refractivity contribution in [1.29, 1.82) is 0 Å². The number of hydrogen-bond acceptors (Lipinski definition) is 1. The third-order valence-corrected chi connectivity index (χ3v) is 2.82. The summed E-state index contributed by atoms with van der Waals surface area (Å²) in [6, 6.07) is 0. The molecular weight excluding hydrogens is 254 g/mol. The largest absolute Gasteiger partial charge is 0.393 e. The summed E-state index contributed by atoms with van der Waals surface area (Å²) in [6.45, 7) is 2.20. The number of rotatable bonds is 8. The van der Waals surface area contributed by atoms with Gasteiger partial charge in [-0.1, -0.05) is 80.3 Å². The summed E-state index contributed by atoms with van der Waals surface area (Å²) in [4.78, 5) is 0. The summed E-state index contributed by atoms with van der Waals surface area (Å²) in [5.41, 5.74) is 0. The lowest BCUT2D eigenvalue weighted by Crippen LogP contribution is -2.16. The smallest absolute Gasteiger partial charge is 0.193 e. The van der Waals surface area contributed by atoms with Crippen molar-refractivity contribution < 1.29 is 5.11 Å². The molecule has 0 aliphatic heterocycles. The van der Waals surface area contributed by atoms with E-state index >= 15 is 0 Å². The molecule has 0 saturated heterocycles. The third kappa shape index (κ3) is 12.8. The van der Waals surface area contributed by atoms with Crippen molar-refractivity contribution in [3.8, 4) is 0 Å². The van der Waals surface area contributed by atoms with Gasteiger partial charge in [0, 0.05) is 6.42 Å². The van der Waals surface area contributed by atoms with E-state index in [0.29, 0.717) is 0 Å². The van der Waals surface area contributed by atoms with Crippen LogP contribution in [0, 0.1) is 0 Å². The van der Waals surface area contributed by atoms with Crippen LogP contribution in [0.1, 0.15) is 58.3 Å². The minimum atomic E-state index is -1.32. The molecule has 0 aromatic carbocycles. The number of aliphatic hydroxyl groups is 1. The lowest BCUT2D eigenvalue weighted by atomic mass is 10.1. The van der Waals surface area contributed by atoms with E-state index in [1.54, 1.807) is 0 Å². The van der Waals surface area contributed by atoms with Crippen LogP contribution in [0.25, 0.3) is 0 Å². The Balaban J connectivity index is 3.28. The van der Waals surface area contributed by atoms with Gasteiger partial charge >= 0.3 is 0 Å². The van der Waals surface area contributed by atoms with E-state index in [9.17, 15) is 5.11 Å². The van der Waals surface area contributed by atoms with Crippen molar-refractivity contribution in [2.75, 3.05) is 0 Å². The molecule has 0 rings (SSSR count). The minimum Gasteiger partial charge on any atom is -0.393 e. The number of unbranched alkanes of at least 4 members (excludes halogenated alkanes) is 5. The fourth-order valence-electron chi connectivity index (χ4n) is 1.53. The maximum atomic E-state index is 9.53. The maximum Gasteiger partial charge on any atom is 0.193 e. The van der Waals surface area contributed by atoms with E-state index in [1.165, 1.54) is 25.7 Å². The number of aliphatic hydroxyl groups excluding tert-OH is 1. The zero-order chi connectivity index (χ0) is 11.7. The predicted octanol–water partition coefficient (Wildman–Crippen LogP) is 4.86. The molecule has 0 aromatic heterocycles. The molecule has 1 atom stereocenters. The van der Waals surface area contributed by atoms with Crippen molar-refractivity contribution in [1.82, 2.24) is 0 Å². The van der Waals surface area contributed by atoms with E-state index in [1.807, 2.05) is 0 Å². The molecule has 0 amide bonds. The summed E-state index contributed by atoms with van der Waals surface area (Å²) >= 11 is 16.7. The van der Waals surface area contributed by atoms with Gasteiger partial charge in [-0.05, 0) is 6.42 Å². The van der Waals surface area contributed by atoms with Gasteiger partial charge in [-0.2, -0.15) is 0 Å². The Morgan fingerprint density at radius 3 is 2.07 bits per heavy atom. The molecule has 0 spiro atoms. The molecule has 0 fully saturated rings. The molecule has 1 nitrogen and oxygen atoms in total. The second kappa shape index (κ2) is 8.92. The molecule has 4 heteroatoms. The molecule has 0 aromatic rings. The van der Waals surface area contributed by atoms with E-state index < -0.39 is 9.90 Å². The van der Waals surface area contributed by atoms with Crippen molar-refractivity contribution in [3.05, 3.63) is 0 Å². The van der Waals surface area contributed by atoms with Crippen LogP contribution in [0.5, 0.6) is 0 Å². The Labute approximate surface area is 108 Å². The topological polar surface area (TPSA) is 20.2 Å². The van der Waals surface area contributed by atoms with Gasteiger partial charge in [-0.25, -0.2) is 0 Å². The summed E-state index contributed by atoms with van der Waals surface area (Å²) in [6.07, 6.45) is 7.76. The number of alkyl halides is 3. The third-order valence-electron chi connectivity index (χ3n) is 2.36. The van der Waals surface area contributed by atoms with Crippen LogP contribution in [-0.2, 0) is 0 Å². The normalized spacial score (nSPS) is 14.2. The van der Waals surface area contributed by atoms with Gasteiger partial charge in [0.2, 0.25) is 0 Å². The fourth-order valence-corrected chi connectivity index (χ4v) is 2.06. The van der Waals surface area contributed by atoms with Crippen LogP contribution in [0.2, 0.25) is 0 Å². The van der Waals surface area contributed by atoms with Gasteiger partial charge in [0.25, 0.3) is 0 Å². The molecule has 0 saturated carbocycles. The molecule has 1 unspecified atom stereocenters. The first-order chi connectivity index (χ1) is 6.95. The summed E-state index contributed by atoms with van der Waals surface area (Å²) in [5, 5.41) is 9.53. The number of halogens is 3. The van der Waals surface area contributed by atoms with E-state index in [0.717, 1.165) is 19.3 Å². The highest BCUT2D eigenvalue weighted by Gasteiger charge is 2.23. The first kappa shape index (κ1) is 15.8. The van der Waals surface area contributed by atoms with E-state index in [-0.39, 0.29) is 6.42 Å². The second-order valence-electron chi connectivity index (χ2n) is 4.03. The lowest BCUT2D eigenvalue weighted by Gasteiger charge is -2.15. The first-order valence-corrected chi connectivity index (χ1v) is 6.84. The number of hydrogen-bond donors (Lipinski definition) is 1. The Kier molecular flexibility index (Phi) is 9.42. The second-order valence-corrected chi connectivity index (χ2v) is 6.55. The molecule has 0 bridgehead atoms. The van der Waals surface area contributed by atoms with Crippen molar-refractivity contribution in [2.24, 2.45) is 0 Å². The van der Waals surface area contributed by atoms with Crippen LogP contribution < -0.4 is 0 Å². The SMILES string of the molecule is CCCCCCCCC(O)CC(Cl)(Cl)Cl. The first-order valence-electron chi connectivity index (χ1n) is 5.70. The maximum absolute atomic E-state index is 9.53. The van der Waals surface area contributed by atoms with Crippen LogP contribution in [0.15, 0.2) is 0 Å². The van der Waals surface area contributed by atoms with E-state index in [2.05, 4.69) is 6.92 Å².